The van der Waals surface area contributed by atoms with Crippen molar-refractivity contribution < 1.29 is 22.0 Å². The molecule has 0 saturated heterocycles. The van der Waals surface area contributed by atoms with Gasteiger partial charge in [-0.15, -0.1) is 0 Å². The van der Waals surface area contributed by atoms with Crippen molar-refractivity contribution in [1.82, 2.24) is 5.32 Å². The number of anilines is 1. The highest BCUT2D eigenvalue weighted by Gasteiger charge is 2.30. The fourth-order valence-electron chi connectivity index (χ4n) is 2.59. The molecule has 0 aliphatic rings. The van der Waals surface area contributed by atoms with Crippen molar-refractivity contribution in [2.24, 2.45) is 0 Å². The number of carbonyl (C=O) groups excluding carboxylic acids is 1. The van der Waals surface area contributed by atoms with Gasteiger partial charge in [0, 0.05) is 6.07 Å². The topological polar surface area (TPSA) is 66.5 Å². The predicted octanol–water partition coefficient (Wildman–Crippen LogP) is 3.00. The summed E-state index contributed by atoms with van der Waals surface area (Å²) in [5, 5.41) is 2.73. The van der Waals surface area contributed by atoms with Crippen molar-refractivity contribution in [3.8, 4) is 0 Å². The lowest BCUT2D eigenvalue weighted by Gasteiger charge is -2.29. The molecule has 0 radical (unpaired) electrons. The first-order valence-corrected chi connectivity index (χ1v) is 9.76. The van der Waals surface area contributed by atoms with E-state index in [1.807, 2.05) is 30.3 Å². The van der Waals surface area contributed by atoms with Gasteiger partial charge in [-0.25, -0.2) is 17.2 Å². The molecule has 0 aromatic heterocycles. The van der Waals surface area contributed by atoms with Gasteiger partial charge in [-0.2, -0.15) is 0 Å². The molecule has 5 nitrogen and oxygen atoms in total. The van der Waals surface area contributed by atoms with Crippen LogP contribution in [0.4, 0.5) is 14.5 Å². The van der Waals surface area contributed by atoms with E-state index in [1.165, 1.54) is 6.92 Å². The summed E-state index contributed by atoms with van der Waals surface area (Å²) in [6.07, 6.45) is 0.901. The highest BCUT2D eigenvalue weighted by atomic mass is 32.2. The minimum Gasteiger partial charge on any atom is -0.348 e. The molecule has 0 spiro atoms. The molecule has 0 aliphatic carbocycles. The zero-order valence-electron chi connectivity index (χ0n) is 14.6. The largest absolute Gasteiger partial charge is 0.348 e. The van der Waals surface area contributed by atoms with Crippen molar-refractivity contribution in [3.05, 3.63) is 65.7 Å². The second kappa shape index (κ2) is 7.82. The Bertz CT molecular complexity index is 889. The van der Waals surface area contributed by atoms with Gasteiger partial charge >= 0.3 is 0 Å². The summed E-state index contributed by atoms with van der Waals surface area (Å²) in [7, 11) is -3.91. The molecule has 0 aliphatic heterocycles. The highest BCUT2D eigenvalue weighted by molar-refractivity contribution is 7.92. The Kier molecular flexibility index (Phi) is 5.97. The zero-order valence-corrected chi connectivity index (χ0v) is 15.4. The lowest BCUT2D eigenvalue weighted by atomic mass is 10.1. The Morgan fingerprint density at radius 3 is 2.19 bits per heavy atom. The third kappa shape index (κ3) is 4.57. The van der Waals surface area contributed by atoms with E-state index < -0.39 is 33.6 Å². The van der Waals surface area contributed by atoms with Gasteiger partial charge in [0.15, 0.2) is 11.6 Å². The van der Waals surface area contributed by atoms with E-state index in [0.717, 1.165) is 34.3 Å². The SMILES string of the molecule is C[C@H](NC(=O)[C@@H](C)N(c1ccc(F)c(F)c1)S(C)(=O)=O)c1ccccc1. The van der Waals surface area contributed by atoms with E-state index in [1.54, 1.807) is 6.92 Å². The van der Waals surface area contributed by atoms with Gasteiger partial charge < -0.3 is 5.32 Å². The van der Waals surface area contributed by atoms with Crippen LogP contribution in [-0.2, 0) is 14.8 Å². The van der Waals surface area contributed by atoms with Crippen LogP contribution in [-0.4, -0.2) is 26.6 Å². The lowest BCUT2D eigenvalue weighted by molar-refractivity contribution is -0.122. The minimum absolute atomic E-state index is 0.124. The Morgan fingerprint density at radius 1 is 1.04 bits per heavy atom. The number of sulfonamides is 1. The first-order valence-electron chi connectivity index (χ1n) is 7.91. The fraction of sp³-hybridized carbons (Fsp3) is 0.278. The molecule has 26 heavy (non-hydrogen) atoms. The third-order valence-corrected chi connectivity index (χ3v) is 5.15. The molecule has 1 N–H and O–H groups in total. The van der Waals surface area contributed by atoms with Crippen LogP contribution in [0.25, 0.3) is 0 Å². The fourth-order valence-corrected chi connectivity index (χ4v) is 3.76. The van der Waals surface area contributed by atoms with Gasteiger partial charge in [-0.05, 0) is 31.5 Å². The number of hydrogen-bond donors (Lipinski definition) is 1. The average molecular weight is 382 g/mol. The molecule has 2 atom stereocenters. The maximum Gasteiger partial charge on any atom is 0.244 e. The predicted molar refractivity (Wildman–Crippen MR) is 96.1 cm³/mol. The monoisotopic (exact) mass is 382 g/mol. The van der Waals surface area contributed by atoms with Gasteiger partial charge in [0.1, 0.15) is 6.04 Å². The Labute approximate surface area is 151 Å². The van der Waals surface area contributed by atoms with Gasteiger partial charge in [0.25, 0.3) is 0 Å². The van der Waals surface area contributed by atoms with Crippen LogP contribution >= 0.6 is 0 Å². The van der Waals surface area contributed by atoms with Crippen molar-refractivity contribution in [3.63, 3.8) is 0 Å². The van der Waals surface area contributed by atoms with Gasteiger partial charge in [0.2, 0.25) is 15.9 Å². The molecule has 2 rings (SSSR count). The molecule has 1 amide bonds. The maximum absolute atomic E-state index is 13.5. The summed E-state index contributed by atoms with van der Waals surface area (Å²) < 4.78 is 51.8. The van der Waals surface area contributed by atoms with Crippen molar-refractivity contribution >= 4 is 21.6 Å². The summed E-state index contributed by atoms with van der Waals surface area (Å²) in [6, 6.07) is 10.3. The van der Waals surface area contributed by atoms with Crippen LogP contribution in [0, 0.1) is 11.6 Å². The smallest absolute Gasteiger partial charge is 0.244 e. The van der Waals surface area contributed by atoms with Crippen LogP contribution in [0.5, 0.6) is 0 Å². The summed E-state index contributed by atoms with van der Waals surface area (Å²) in [6.45, 7) is 3.15. The molecular formula is C18H20F2N2O3S. The van der Waals surface area contributed by atoms with Crippen molar-refractivity contribution in [2.75, 3.05) is 10.6 Å². The summed E-state index contributed by atoms with van der Waals surface area (Å²) >= 11 is 0. The molecule has 0 heterocycles. The number of amides is 1. The average Bonchev–Trinajstić information content (AvgIpc) is 2.57. The molecule has 140 valence electrons. The van der Waals surface area contributed by atoms with E-state index in [4.69, 9.17) is 0 Å². The van der Waals surface area contributed by atoms with Crippen LogP contribution in [0.1, 0.15) is 25.5 Å². The maximum atomic E-state index is 13.5. The quantitative estimate of drug-likeness (QED) is 0.835. The normalized spacial score (nSPS) is 13.7. The molecule has 0 unspecified atom stereocenters. The molecule has 0 fully saturated rings. The summed E-state index contributed by atoms with van der Waals surface area (Å²) in [5.74, 6) is -2.85. The number of nitrogens with zero attached hydrogens (tertiary/aromatic N) is 1. The second-order valence-corrected chi connectivity index (χ2v) is 7.83. The Balaban J connectivity index is 2.27. The second-order valence-electron chi connectivity index (χ2n) is 5.97. The Morgan fingerprint density at radius 2 is 1.65 bits per heavy atom. The highest BCUT2D eigenvalue weighted by Crippen LogP contribution is 2.23. The third-order valence-electron chi connectivity index (χ3n) is 3.90. The van der Waals surface area contributed by atoms with E-state index in [-0.39, 0.29) is 11.7 Å². The van der Waals surface area contributed by atoms with E-state index in [9.17, 15) is 22.0 Å². The molecule has 2 aromatic carbocycles. The van der Waals surface area contributed by atoms with Crippen molar-refractivity contribution in [2.45, 2.75) is 25.9 Å². The number of benzene rings is 2. The van der Waals surface area contributed by atoms with E-state index in [2.05, 4.69) is 5.32 Å². The summed E-state index contributed by atoms with van der Waals surface area (Å²) in [4.78, 5) is 12.6. The van der Waals surface area contributed by atoms with Gasteiger partial charge in [-0.1, -0.05) is 30.3 Å². The number of carbonyl (C=O) groups is 1. The van der Waals surface area contributed by atoms with Crippen LogP contribution in [0.3, 0.4) is 0 Å². The van der Waals surface area contributed by atoms with Gasteiger partial charge in [0.05, 0.1) is 18.0 Å². The first-order chi connectivity index (χ1) is 12.1. The van der Waals surface area contributed by atoms with E-state index in [0.29, 0.717) is 0 Å². The molecule has 2 aromatic rings. The number of rotatable bonds is 6. The minimum atomic E-state index is -3.91. The molecule has 0 saturated carbocycles. The Hall–Kier alpha value is -2.48. The number of hydrogen-bond acceptors (Lipinski definition) is 3. The van der Waals surface area contributed by atoms with Crippen LogP contribution < -0.4 is 9.62 Å². The first kappa shape index (κ1) is 19.8. The summed E-state index contributed by atoms with van der Waals surface area (Å²) in [5.41, 5.74) is 0.730. The zero-order chi connectivity index (χ0) is 19.5. The van der Waals surface area contributed by atoms with Crippen LogP contribution in [0.2, 0.25) is 0 Å². The van der Waals surface area contributed by atoms with Crippen LogP contribution in [0.15, 0.2) is 48.5 Å². The standard InChI is InChI=1S/C18H20F2N2O3S/c1-12(14-7-5-4-6-8-14)21-18(23)13(2)22(26(3,24)25)15-9-10-16(19)17(20)11-15/h4-13H,1-3H3,(H,21,23)/t12-,13+/m0/s1. The van der Waals surface area contributed by atoms with E-state index >= 15 is 0 Å². The van der Waals surface area contributed by atoms with Gasteiger partial charge in [-0.3, -0.25) is 9.10 Å². The molecular weight excluding hydrogens is 362 g/mol. The number of halogens is 2. The lowest BCUT2D eigenvalue weighted by Crippen LogP contribution is -2.48. The molecule has 0 bridgehead atoms. The van der Waals surface area contributed by atoms with Crippen molar-refractivity contribution in [1.29, 1.82) is 0 Å². The molecule has 8 heteroatoms. The number of nitrogens with one attached hydrogen (secondary N) is 1.